The standard InChI is InChI=1S/C31H29F3N2O4S/c32-31(33,34)39-23-7-2-1-4-19(23)24-20(25(40-36-24)18-8-9-18)10-11-29-12-15-30(16-13-29,17-14-29)28-35-22-6-3-5-21(27(37)38)26(22)41-28/h1-7,18H,8-17H2,(H,37,38). The fourth-order valence-electron chi connectivity index (χ4n) is 7.01. The number of hydrogen-bond acceptors (Lipinski definition) is 6. The zero-order valence-electron chi connectivity index (χ0n) is 22.3. The number of para-hydroxylation sites is 1. The lowest BCUT2D eigenvalue weighted by molar-refractivity contribution is -0.274. The van der Waals surface area contributed by atoms with Crippen LogP contribution in [-0.2, 0) is 11.8 Å². The smallest absolute Gasteiger partial charge is 0.478 e. The zero-order valence-corrected chi connectivity index (χ0v) is 23.1. The summed E-state index contributed by atoms with van der Waals surface area (Å²) >= 11 is 1.53. The summed E-state index contributed by atoms with van der Waals surface area (Å²) in [6.07, 6.45) is 4.96. The lowest BCUT2D eigenvalue weighted by atomic mass is 9.52. The molecule has 2 heterocycles. The van der Waals surface area contributed by atoms with E-state index in [-0.39, 0.29) is 22.5 Å². The van der Waals surface area contributed by atoms with Gasteiger partial charge in [-0.25, -0.2) is 9.78 Å². The van der Waals surface area contributed by atoms with Gasteiger partial charge in [0.1, 0.15) is 22.2 Å². The molecule has 0 unspecified atom stereocenters. The number of thiazole rings is 1. The summed E-state index contributed by atoms with van der Waals surface area (Å²) in [6, 6.07) is 11.4. The van der Waals surface area contributed by atoms with Gasteiger partial charge in [-0.1, -0.05) is 23.4 Å². The fraction of sp³-hybridized carbons (Fsp3) is 0.452. The van der Waals surface area contributed by atoms with Gasteiger partial charge in [0.15, 0.2) is 0 Å². The molecule has 6 nitrogen and oxygen atoms in total. The first-order chi connectivity index (χ1) is 19.7. The molecule has 0 spiro atoms. The van der Waals surface area contributed by atoms with E-state index in [0.717, 1.165) is 84.3 Å². The minimum absolute atomic E-state index is 0.0172. The van der Waals surface area contributed by atoms with E-state index in [9.17, 15) is 23.1 Å². The quantitative estimate of drug-likeness (QED) is 0.224. The summed E-state index contributed by atoms with van der Waals surface area (Å²) in [5.74, 6) is -0.111. The predicted octanol–water partition coefficient (Wildman–Crippen LogP) is 8.65. The fourth-order valence-corrected chi connectivity index (χ4v) is 8.35. The number of ether oxygens (including phenoxy) is 1. The van der Waals surface area contributed by atoms with Crippen LogP contribution in [0, 0.1) is 5.41 Å². The molecule has 0 atom stereocenters. The van der Waals surface area contributed by atoms with Crippen molar-refractivity contribution >= 4 is 27.5 Å². The highest BCUT2D eigenvalue weighted by Crippen LogP contribution is 2.60. The Labute approximate surface area is 238 Å². The molecule has 1 N–H and O–H groups in total. The Morgan fingerprint density at radius 1 is 1.05 bits per heavy atom. The molecule has 4 aliphatic rings. The molecule has 2 aromatic carbocycles. The third kappa shape index (κ3) is 4.79. The maximum Gasteiger partial charge on any atom is 0.573 e. The second-order valence-corrected chi connectivity index (χ2v) is 12.9. The van der Waals surface area contributed by atoms with Gasteiger partial charge >= 0.3 is 12.3 Å². The number of nitrogens with zero attached hydrogens (tertiary/aromatic N) is 2. The molecule has 4 fully saturated rings. The van der Waals surface area contributed by atoms with Gasteiger partial charge in [0, 0.05) is 22.5 Å². The number of carboxylic acid groups (broad SMARTS) is 1. The van der Waals surface area contributed by atoms with Crippen LogP contribution in [0.2, 0.25) is 0 Å². The first-order valence-corrected chi connectivity index (χ1v) is 14.9. The Balaban J connectivity index is 1.12. The van der Waals surface area contributed by atoms with Gasteiger partial charge in [-0.05, 0) is 93.9 Å². The third-order valence-electron chi connectivity index (χ3n) is 9.54. The van der Waals surface area contributed by atoms with Gasteiger partial charge in [0.2, 0.25) is 0 Å². The van der Waals surface area contributed by atoms with Crippen molar-refractivity contribution in [3.63, 3.8) is 0 Å². The summed E-state index contributed by atoms with van der Waals surface area (Å²) in [7, 11) is 0. The number of aromatic nitrogens is 2. The number of fused-ring (bicyclic) bond motifs is 4. The van der Waals surface area contributed by atoms with Crippen molar-refractivity contribution in [3.05, 3.63) is 64.4 Å². The first-order valence-electron chi connectivity index (χ1n) is 14.1. The molecule has 8 rings (SSSR count). The number of alkyl halides is 3. The molecule has 41 heavy (non-hydrogen) atoms. The van der Waals surface area contributed by atoms with E-state index in [4.69, 9.17) is 9.51 Å². The normalized spacial score (nSPS) is 24.2. The van der Waals surface area contributed by atoms with Gasteiger partial charge in [-0.3, -0.25) is 0 Å². The van der Waals surface area contributed by atoms with Crippen LogP contribution in [0.25, 0.3) is 21.5 Å². The summed E-state index contributed by atoms with van der Waals surface area (Å²) in [5.41, 5.74) is 2.86. The van der Waals surface area contributed by atoms with Crippen LogP contribution in [0.4, 0.5) is 13.2 Å². The van der Waals surface area contributed by atoms with Crippen molar-refractivity contribution in [2.24, 2.45) is 5.41 Å². The second kappa shape index (κ2) is 9.58. The van der Waals surface area contributed by atoms with E-state index in [0.29, 0.717) is 23.2 Å². The molecule has 10 heteroatoms. The van der Waals surface area contributed by atoms with Gasteiger partial charge in [-0.2, -0.15) is 0 Å². The summed E-state index contributed by atoms with van der Waals surface area (Å²) in [4.78, 5) is 16.7. The molecule has 2 bridgehead atoms. The molecule has 4 saturated carbocycles. The second-order valence-electron chi connectivity index (χ2n) is 12.0. The zero-order chi connectivity index (χ0) is 28.4. The van der Waals surface area contributed by atoms with Gasteiger partial charge < -0.3 is 14.4 Å². The van der Waals surface area contributed by atoms with Crippen LogP contribution in [0.1, 0.15) is 90.4 Å². The number of carboxylic acids is 1. The van der Waals surface area contributed by atoms with E-state index in [1.54, 1.807) is 24.3 Å². The maximum atomic E-state index is 13.1. The van der Waals surface area contributed by atoms with Crippen molar-refractivity contribution in [2.45, 2.75) is 81.9 Å². The van der Waals surface area contributed by atoms with Crippen molar-refractivity contribution in [1.29, 1.82) is 0 Å². The number of hydrogen-bond donors (Lipinski definition) is 1. The van der Waals surface area contributed by atoms with E-state index >= 15 is 0 Å². The van der Waals surface area contributed by atoms with Crippen molar-refractivity contribution in [3.8, 4) is 17.0 Å². The summed E-state index contributed by atoms with van der Waals surface area (Å²) in [5, 5.41) is 15.0. The van der Waals surface area contributed by atoms with Crippen LogP contribution < -0.4 is 4.74 Å². The van der Waals surface area contributed by atoms with E-state index in [1.165, 1.54) is 23.5 Å². The maximum absolute atomic E-state index is 13.1. The molecular formula is C31H29F3N2O4S. The largest absolute Gasteiger partial charge is 0.573 e. The number of aromatic carboxylic acids is 1. The third-order valence-corrected chi connectivity index (χ3v) is 10.9. The van der Waals surface area contributed by atoms with Crippen LogP contribution in [0.3, 0.4) is 0 Å². The molecule has 4 aromatic rings. The lowest BCUT2D eigenvalue weighted by Crippen LogP contribution is -2.44. The lowest BCUT2D eigenvalue weighted by Gasteiger charge is -2.53. The highest BCUT2D eigenvalue weighted by atomic mass is 32.1. The number of rotatable bonds is 8. The van der Waals surface area contributed by atoms with E-state index in [2.05, 4.69) is 9.89 Å². The highest BCUT2D eigenvalue weighted by molar-refractivity contribution is 7.19. The molecule has 0 saturated heterocycles. The molecule has 0 amide bonds. The van der Waals surface area contributed by atoms with Crippen molar-refractivity contribution < 1.29 is 32.3 Å². The minimum Gasteiger partial charge on any atom is -0.478 e. The topological polar surface area (TPSA) is 85.5 Å². The van der Waals surface area contributed by atoms with Crippen LogP contribution in [0.5, 0.6) is 5.75 Å². The molecule has 4 aliphatic carbocycles. The summed E-state index contributed by atoms with van der Waals surface area (Å²) < 4.78 is 50.3. The Bertz CT molecular complexity index is 1610. The number of carbonyl (C=O) groups is 1. The van der Waals surface area contributed by atoms with Gasteiger partial charge in [0.05, 0.1) is 15.8 Å². The number of halogens is 3. The average molecular weight is 583 g/mol. The molecule has 214 valence electrons. The average Bonchev–Trinajstić information content (AvgIpc) is 3.55. The van der Waals surface area contributed by atoms with E-state index in [1.807, 2.05) is 6.07 Å². The Morgan fingerprint density at radius 2 is 1.78 bits per heavy atom. The molecule has 0 radical (unpaired) electrons. The Kier molecular flexibility index (Phi) is 6.19. The molecule has 0 aliphatic heterocycles. The van der Waals surface area contributed by atoms with Crippen molar-refractivity contribution in [2.75, 3.05) is 0 Å². The van der Waals surface area contributed by atoms with Crippen molar-refractivity contribution in [1.82, 2.24) is 10.1 Å². The van der Waals surface area contributed by atoms with Gasteiger partial charge in [-0.15, -0.1) is 24.5 Å². The Hall–Kier alpha value is -3.40. The molecule has 2 aromatic heterocycles. The van der Waals surface area contributed by atoms with Gasteiger partial charge in [0.25, 0.3) is 0 Å². The first kappa shape index (κ1) is 26.5. The highest BCUT2D eigenvalue weighted by Gasteiger charge is 2.51. The van der Waals surface area contributed by atoms with Crippen LogP contribution in [0.15, 0.2) is 47.0 Å². The number of benzene rings is 2. The SMILES string of the molecule is O=C(O)c1cccc2nc(C34CCC(CCc5c(-c6ccccc6OC(F)(F)F)noc5C5CC5)(CC3)CC4)sc12. The monoisotopic (exact) mass is 582 g/mol. The predicted molar refractivity (Wildman–Crippen MR) is 147 cm³/mol. The van der Waals surface area contributed by atoms with Crippen LogP contribution in [-0.4, -0.2) is 27.6 Å². The minimum atomic E-state index is -4.80. The summed E-state index contributed by atoms with van der Waals surface area (Å²) in [6.45, 7) is 0. The van der Waals surface area contributed by atoms with E-state index < -0.39 is 12.3 Å². The molecular weight excluding hydrogens is 553 g/mol. The Morgan fingerprint density at radius 3 is 2.46 bits per heavy atom. The van der Waals surface area contributed by atoms with Crippen LogP contribution >= 0.6 is 11.3 Å².